The van der Waals surface area contributed by atoms with Crippen molar-refractivity contribution in [3.8, 4) is 0 Å². The summed E-state index contributed by atoms with van der Waals surface area (Å²) in [7, 11) is -3.91. The highest BCUT2D eigenvalue weighted by Crippen LogP contribution is 2.26. The Morgan fingerprint density at radius 1 is 1.25 bits per heavy atom. The van der Waals surface area contributed by atoms with Gasteiger partial charge in [-0.2, -0.15) is 0 Å². The molecule has 2 rings (SSSR count). The van der Waals surface area contributed by atoms with E-state index in [4.69, 9.17) is 0 Å². The zero-order chi connectivity index (χ0) is 20.9. The molecule has 2 aromatic carbocycles. The molecule has 0 aromatic heterocycles. The molecule has 0 fully saturated rings. The monoisotopic (exact) mass is 409 g/mol. The number of halogens is 1. The van der Waals surface area contributed by atoms with Crippen LogP contribution < -0.4 is 9.62 Å². The van der Waals surface area contributed by atoms with Crippen molar-refractivity contribution in [2.45, 2.75) is 25.9 Å². The van der Waals surface area contributed by atoms with Gasteiger partial charge in [-0.1, -0.05) is 25.1 Å². The highest BCUT2D eigenvalue weighted by molar-refractivity contribution is 7.92. The standard InChI is InChI=1S/C18H20FN3O5S/c1-3-17(18(23)20-12-13-7-9-14(19)10-8-13)21(28(2,26)27)15-5-4-6-16(11-15)22(24)25/h4-11,17H,3,12H2,1-2H3,(H,20,23)/t17-/m1/s1. The van der Waals surface area contributed by atoms with Gasteiger partial charge in [0.25, 0.3) is 5.69 Å². The van der Waals surface area contributed by atoms with Crippen molar-refractivity contribution in [1.82, 2.24) is 5.32 Å². The molecule has 1 atom stereocenters. The first kappa shape index (κ1) is 21.3. The molecular weight excluding hydrogens is 389 g/mol. The SMILES string of the molecule is CC[C@H](C(=O)NCc1ccc(F)cc1)N(c1cccc([N+](=O)[O-])c1)S(C)(=O)=O. The topological polar surface area (TPSA) is 110 Å². The Morgan fingerprint density at radius 2 is 1.89 bits per heavy atom. The summed E-state index contributed by atoms with van der Waals surface area (Å²) in [5.74, 6) is -0.973. The van der Waals surface area contributed by atoms with E-state index < -0.39 is 32.7 Å². The molecular formula is C18H20FN3O5S. The fraction of sp³-hybridized carbons (Fsp3) is 0.278. The third kappa shape index (κ3) is 5.26. The van der Waals surface area contributed by atoms with Gasteiger partial charge in [0.15, 0.2) is 0 Å². The molecule has 0 saturated carbocycles. The van der Waals surface area contributed by atoms with Gasteiger partial charge >= 0.3 is 0 Å². The van der Waals surface area contributed by atoms with Crippen LogP contribution in [-0.2, 0) is 21.4 Å². The van der Waals surface area contributed by atoms with Crippen LogP contribution >= 0.6 is 0 Å². The van der Waals surface area contributed by atoms with Crippen LogP contribution in [0.25, 0.3) is 0 Å². The average molecular weight is 409 g/mol. The molecule has 0 aliphatic heterocycles. The number of anilines is 1. The predicted molar refractivity (Wildman–Crippen MR) is 103 cm³/mol. The highest BCUT2D eigenvalue weighted by Gasteiger charge is 2.32. The van der Waals surface area contributed by atoms with Gasteiger partial charge in [-0.05, 0) is 30.2 Å². The van der Waals surface area contributed by atoms with Gasteiger partial charge in [0.2, 0.25) is 15.9 Å². The number of nitrogens with one attached hydrogen (secondary N) is 1. The minimum atomic E-state index is -3.91. The van der Waals surface area contributed by atoms with Crippen LogP contribution in [0, 0.1) is 15.9 Å². The number of benzene rings is 2. The number of sulfonamides is 1. The highest BCUT2D eigenvalue weighted by atomic mass is 32.2. The maximum absolute atomic E-state index is 13.0. The number of hydrogen-bond donors (Lipinski definition) is 1. The van der Waals surface area contributed by atoms with Gasteiger partial charge in [0, 0.05) is 18.7 Å². The molecule has 0 unspecified atom stereocenters. The van der Waals surface area contributed by atoms with Crippen LogP contribution in [0.15, 0.2) is 48.5 Å². The molecule has 1 N–H and O–H groups in total. The van der Waals surface area contributed by atoms with Gasteiger partial charge in [-0.3, -0.25) is 19.2 Å². The molecule has 0 heterocycles. The molecule has 0 radical (unpaired) electrons. The molecule has 1 amide bonds. The molecule has 0 aliphatic carbocycles. The van der Waals surface area contributed by atoms with Crippen molar-refractivity contribution in [2.24, 2.45) is 0 Å². The van der Waals surface area contributed by atoms with Gasteiger partial charge < -0.3 is 5.32 Å². The number of amides is 1. The van der Waals surface area contributed by atoms with E-state index >= 15 is 0 Å². The fourth-order valence-electron chi connectivity index (χ4n) is 2.71. The lowest BCUT2D eigenvalue weighted by atomic mass is 10.1. The Morgan fingerprint density at radius 3 is 2.43 bits per heavy atom. The van der Waals surface area contributed by atoms with E-state index in [1.165, 1.54) is 42.5 Å². The molecule has 150 valence electrons. The van der Waals surface area contributed by atoms with Crippen LogP contribution in [0.3, 0.4) is 0 Å². The van der Waals surface area contributed by atoms with E-state index in [-0.39, 0.29) is 24.3 Å². The van der Waals surface area contributed by atoms with Crippen molar-refractivity contribution in [3.05, 3.63) is 70.0 Å². The number of carbonyl (C=O) groups excluding carboxylic acids is 1. The van der Waals surface area contributed by atoms with Gasteiger partial charge in [-0.15, -0.1) is 0 Å². The number of rotatable bonds is 8. The lowest BCUT2D eigenvalue weighted by molar-refractivity contribution is -0.384. The van der Waals surface area contributed by atoms with Crippen molar-refractivity contribution in [1.29, 1.82) is 0 Å². The predicted octanol–water partition coefficient (Wildman–Crippen LogP) is 2.59. The summed E-state index contributed by atoms with van der Waals surface area (Å²) in [6, 6.07) is 9.51. The molecule has 0 spiro atoms. The smallest absolute Gasteiger partial charge is 0.271 e. The second-order valence-electron chi connectivity index (χ2n) is 6.10. The van der Waals surface area contributed by atoms with Crippen LogP contribution in [-0.4, -0.2) is 31.5 Å². The summed E-state index contributed by atoms with van der Waals surface area (Å²) >= 11 is 0. The molecule has 10 heteroatoms. The number of non-ortho nitro benzene ring substituents is 1. The Kier molecular flexibility index (Phi) is 6.68. The molecule has 8 nitrogen and oxygen atoms in total. The van der Waals surface area contributed by atoms with Crippen molar-refractivity contribution < 1.29 is 22.5 Å². The summed E-state index contributed by atoms with van der Waals surface area (Å²) in [6.07, 6.45) is 1.08. The normalized spacial score (nSPS) is 12.2. The largest absolute Gasteiger partial charge is 0.350 e. The number of carbonyl (C=O) groups is 1. The minimum absolute atomic E-state index is 0.0282. The quantitative estimate of drug-likeness (QED) is 0.532. The maximum Gasteiger partial charge on any atom is 0.271 e. The van der Waals surface area contributed by atoms with Crippen LogP contribution in [0.4, 0.5) is 15.8 Å². The zero-order valence-corrected chi connectivity index (χ0v) is 16.1. The lowest BCUT2D eigenvalue weighted by Crippen LogP contribution is -2.49. The molecule has 0 aliphatic rings. The summed E-state index contributed by atoms with van der Waals surface area (Å²) in [6.45, 7) is 1.72. The van der Waals surface area contributed by atoms with Crippen LogP contribution in [0.2, 0.25) is 0 Å². The number of nitrogens with zero attached hydrogens (tertiary/aromatic N) is 2. The van der Waals surface area contributed by atoms with Crippen molar-refractivity contribution in [2.75, 3.05) is 10.6 Å². The maximum atomic E-state index is 13.0. The van der Waals surface area contributed by atoms with Gasteiger partial charge in [-0.25, -0.2) is 12.8 Å². The van der Waals surface area contributed by atoms with Crippen LogP contribution in [0.1, 0.15) is 18.9 Å². The van der Waals surface area contributed by atoms with E-state index in [2.05, 4.69) is 5.32 Å². The third-order valence-corrected chi connectivity index (χ3v) is 5.18. The summed E-state index contributed by atoms with van der Waals surface area (Å²) in [4.78, 5) is 23.0. The van der Waals surface area contributed by atoms with Gasteiger partial charge in [0.05, 0.1) is 16.9 Å². The van der Waals surface area contributed by atoms with Crippen molar-refractivity contribution >= 4 is 27.3 Å². The molecule has 0 saturated heterocycles. The Hall–Kier alpha value is -3.01. The van der Waals surface area contributed by atoms with Gasteiger partial charge in [0.1, 0.15) is 11.9 Å². The number of hydrogen-bond acceptors (Lipinski definition) is 5. The first-order valence-electron chi connectivity index (χ1n) is 8.39. The Balaban J connectivity index is 2.29. The minimum Gasteiger partial charge on any atom is -0.350 e. The second kappa shape index (κ2) is 8.79. The van der Waals surface area contributed by atoms with Crippen LogP contribution in [0.5, 0.6) is 0 Å². The van der Waals surface area contributed by atoms with E-state index in [0.717, 1.165) is 16.6 Å². The second-order valence-corrected chi connectivity index (χ2v) is 7.96. The van der Waals surface area contributed by atoms with Crippen molar-refractivity contribution in [3.63, 3.8) is 0 Å². The van der Waals surface area contributed by atoms with E-state index in [1.54, 1.807) is 6.92 Å². The summed E-state index contributed by atoms with van der Waals surface area (Å²) in [5, 5.41) is 13.6. The number of nitro groups is 1. The van der Waals surface area contributed by atoms with E-state index in [1.807, 2.05) is 0 Å². The fourth-order valence-corrected chi connectivity index (χ4v) is 3.92. The zero-order valence-electron chi connectivity index (χ0n) is 15.3. The average Bonchev–Trinajstić information content (AvgIpc) is 2.64. The Labute approximate surface area is 162 Å². The molecule has 2 aromatic rings. The number of nitro benzene ring substituents is 1. The molecule has 28 heavy (non-hydrogen) atoms. The first-order chi connectivity index (χ1) is 13.1. The Bertz CT molecular complexity index is 963. The lowest BCUT2D eigenvalue weighted by Gasteiger charge is -2.30. The summed E-state index contributed by atoms with van der Waals surface area (Å²) < 4.78 is 38.6. The van der Waals surface area contributed by atoms with E-state index in [9.17, 15) is 27.7 Å². The molecule has 0 bridgehead atoms. The first-order valence-corrected chi connectivity index (χ1v) is 10.2. The third-order valence-electron chi connectivity index (χ3n) is 4.00. The summed E-state index contributed by atoms with van der Waals surface area (Å²) in [5.41, 5.74) is 0.388. The van der Waals surface area contributed by atoms with E-state index in [0.29, 0.717) is 5.56 Å².